The van der Waals surface area contributed by atoms with Gasteiger partial charge in [-0.15, -0.1) is 0 Å². The molecule has 9 heteroatoms. The van der Waals surface area contributed by atoms with Crippen LogP contribution < -0.4 is 5.32 Å². The van der Waals surface area contributed by atoms with Crippen LogP contribution in [0.15, 0.2) is 59.5 Å². The van der Waals surface area contributed by atoms with E-state index >= 15 is 0 Å². The van der Waals surface area contributed by atoms with Gasteiger partial charge in [0.25, 0.3) is 0 Å². The van der Waals surface area contributed by atoms with Gasteiger partial charge in [-0.25, -0.2) is 12.7 Å². The van der Waals surface area contributed by atoms with Gasteiger partial charge in [0.1, 0.15) is 0 Å². The minimum atomic E-state index is -3.68. The van der Waals surface area contributed by atoms with Gasteiger partial charge in [-0.05, 0) is 31.0 Å². The molecule has 2 aromatic carbocycles. The monoisotopic (exact) mass is 404 g/mol. The topological polar surface area (TPSA) is 107 Å². The molecular formula is C19H25BN2O5S. The van der Waals surface area contributed by atoms with Crippen LogP contribution in [-0.4, -0.2) is 55.3 Å². The summed E-state index contributed by atoms with van der Waals surface area (Å²) in [4.78, 5) is 12.4. The molecule has 0 aliphatic rings. The van der Waals surface area contributed by atoms with Gasteiger partial charge in [-0.3, -0.25) is 4.79 Å². The van der Waals surface area contributed by atoms with Gasteiger partial charge in [0, 0.05) is 20.0 Å². The predicted octanol–water partition coefficient (Wildman–Crippen LogP) is 0.745. The zero-order chi connectivity index (χ0) is 20.7. The first kappa shape index (κ1) is 22.1. The molecular weight excluding hydrogens is 379 g/mol. The first-order valence-electron chi connectivity index (χ1n) is 8.92. The number of benzene rings is 2. The van der Waals surface area contributed by atoms with Crippen molar-refractivity contribution in [2.45, 2.75) is 30.6 Å². The number of aryl methyl sites for hydroxylation is 1. The first-order valence-corrected chi connectivity index (χ1v) is 10.4. The molecule has 2 aromatic rings. The molecule has 0 spiro atoms. The molecule has 0 aromatic heterocycles. The van der Waals surface area contributed by atoms with Crippen molar-refractivity contribution < 1.29 is 23.3 Å². The van der Waals surface area contributed by atoms with Crippen LogP contribution in [-0.2, 0) is 21.2 Å². The van der Waals surface area contributed by atoms with Crippen LogP contribution in [0, 0.1) is 6.92 Å². The van der Waals surface area contributed by atoms with E-state index in [-0.39, 0.29) is 24.3 Å². The Balaban J connectivity index is 1.93. The van der Waals surface area contributed by atoms with E-state index in [0.29, 0.717) is 0 Å². The van der Waals surface area contributed by atoms with E-state index in [9.17, 15) is 23.3 Å². The van der Waals surface area contributed by atoms with Crippen molar-refractivity contribution in [1.82, 2.24) is 9.62 Å². The lowest BCUT2D eigenvalue weighted by Crippen LogP contribution is -2.48. The summed E-state index contributed by atoms with van der Waals surface area (Å²) in [6, 6.07) is 15.5. The molecule has 0 fully saturated rings. The minimum absolute atomic E-state index is 0.0260. The number of amides is 1. The Morgan fingerprint density at radius 2 is 1.71 bits per heavy atom. The summed E-state index contributed by atoms with van der Waals surface area (Å²) in [7, 11) is -4.00. The highest BCUT2D eigenvalue weighted by atomic mass is 32.2. The summed E-state index contributed by atoms with van der Waals surface area (Å²) in [6.45, 7) is 1.92. The fourth-order valence-electron chi connectivity index (χ4n) is 2.64. The molecule has 0 aliphatic carbocycles. The standard InChI is InChI=1S/C19H25BN2O5S/c1-15-8-10-16(11-9-15)14-18(20(24)25)21-19(23)12-13-22(2)28(26,27)17-6-4-3-5-7-17/h3-11,18,24-25H,12-14H2,1-2H3,(H,21,23). The van der Waals surface area contributed by atoms with Crippen molar-refractivity contribution >= 4 is 23.0 Å². The molecule has 0 aliphatic heterocycles. The maximum absolute atomic E-state index is 12.5. The Kier molecular flexibility index (Phi) is 7.76. The average Bonchev–Trinajstić information content (AvgIpc) is 2.67. The first-order chi connectivity index (χ1) is 13.2. The fourth-order valence-corrected chi connectivity index (χ4v) is 3.83. The Labute approximate surface area is 166 Å². The van der Waals surface area contributed by atoms with Crippen LogP contribution in [0.2, 0.25) is 0 Å². The smallest absolute Gasteiger partial charge is 0.426 e. The maximum atomic E-state index is 12.5. The summed E-state index contributed by atoms with van der Waals surface area (Å²) in [6.07, 6.45) is 0.154. The molecule has 150 valence electrons. The van der Waals surface area contributed by atoms with Gasteiger partial charge in [-0.1, -0.05) is 48.0 Å². The molecule has 28 heavy (non-hydrogen) atoms. The lowest BCUT2D eigenvalue weighted by Gasteiger charge is -2.20. The van der Waals surface area contributed by atoms with Crippen molar-refractivity contribution in [3.8, 4) is 0 Å². The molecule has 0 saturated heterocycles. The van der Waals surface area contributed by atoms with E-state index in [1.165, 1.54) is 19.2 Å². The van der Waals surface area contributed by atoms with Crippen LogP contribution in [0.1, 0.15) is 17.5 Å². The molecule has 0 bridgehead atoms. The van der Waals surface area contributed by atoms with Gasteiger partial charge in [0.15, 0.2) is 0 Å². The Morgan fingerprint density at radius 1 is 1.11 bits per heavy atom. The third-order valence-electron chi connectivity index (χ3n) is 4.39. The zero-order valence-electron chi connectivity index (χ0n) is 15.9. The molecule has 2 rings (SSSR count). The van der Waals surface area contributed by atoms with E-state index in [1.807, 2.05) is 31.2 Å². The Bertz CT molecular complexity index is 873. The summed E-state index contributed by atoms with van der Waals surface area (Å²) in [5, 5.41) is 21.7. The SMILES string of the molecule is Cc1ccc(CC(NC(=O)CCN(C)S(=O)(=O)c2ccccc2)B(O)O)cc1. The van der Waals surface area contributed by atoms with Crippen molar-refractivity contribution in [3.63, 3.8) is 0 Å². The van der Waals surface area contributed by atoms with Crippen LogP contribution in [0.25, 0.3) is 0 Å². The Morgan fingerprint density at radius 3 is 2.29 bits per heavy atom. The molecule has 0 radical (unpaired) electrons. The summed E-state index contributed by atoms with van der Waals surface area (Å²) < 4.78 is 26.0. The molecule has 0 heterocycles. The van der Waals surface area contributed by atoms with Crippen molar-refractivity contribution in [3.05, 3.63) is 65.7 Å². The van der Waals surface area contributed by atoms with Crippen molar-refractivity contribution in [1.29, 1.82) is 0 Å². The normalized spacial score (nSPS) is 12.6. The summed E-state index contributed by atoms with van der Waals surface area (Å²) >= 11 is 0. The lowest BCUT2D eigenvalue weighted by atomic mass is 9.76. The number of carbonyl (C=O) groups is 1. The minimum Gasteiger partial charge on any atom is -0.426 e. The van der Waals surface area contributed by atoms with E-state index < -0.39 is 29.0 Å². The van der Waals surface area contributed by atoms with Crippen molar-refractivity contribution in [2.75, 3.05) is 13.6 Å². The number of hydrogen-bond donors (Lipinski definition) is 3. The van der Waals surface area contributed by atoms with Crippen LogP contribution in [0.5, 0.6) is 0 Å². The quantitative estimate of drug-likeness (QED) is 0.535. The predicted molar refractivity (Wildman–Crippen MR) is 108 cm³/mol. The summed E-state index contributed by atoms with van der Waals surface area (Å²) in [5.74, 6) is -1.34. The number of nitrogens with zero attached hydrogens (tertiary/aromatic N) is 1. The third-order valence-corrected chi connectivity index (χ3v) is 6.26. The van der Waals surface area contributed by atoms with Crippen LogP contribution in [0.4, 0.5) is 0 Å². The Hall–Kier alpha value is -2.20. The van der Waals surface area contributed by atoms with Gasteiger partial charge < -0.3 is 15.4 Å². The van der Waals surface area contributed by atoms with Gasteiger partial charge in [-0.2, -0.15) is 0 Å². The van der Waals surface area contributed by atoms with E-state index in [4.69, 9.17) is 0 Å². The van der Waals surface area contributed by atoms with Gasteiger partial charge >= 0.3 is 7.12 Å². The molecule has 1 unspecified atom stereocenters. The lowest BCUT2D eigenvalue weighted by molar-refractivity contribution is -0.121. The highest BCUT2D eigenvalue weighted by molar-refractivity contribution is 7.89. The second-order valence-electron chi connectivity index (χ2n) is 6.67. The molecule has 0 saturated carbocycles. The maximum Gasteiger partial charge on any atom is 0.475 e. The second-order valence-corrected chi connectivity index (χ2v) is 8.71. The van der Waals surface area contributed by atoms with Crippen molar-refractivity contribution in [2.24, 2.45) is 0 Å². The second kappa shape index (κ2) is 9.84. The van der Waals surface area contributed by atoms with E-state index in [1.54, 1.807) is 18.2 Å². The number of nitrogens with one attached hydrogen (secondary N) is 1. The fraction of sp³-hybridized carbons (Fsp3) is 0.316. The molecule has 1 amide bonds. The highest BCUT2D eigenvalue weighted by Gasteiger charge is 2.26. The molecule has 7 nitrogen and oxygen atoms in total. The molecule has 1 atom stereocenters. The highest BCUT2D eigenvalue weighted by Crippen LogP contribution is 2.13. The van der Waals surface area contributed by atoms with Crippen LogP contribution in [0.3, 0.4) is 0 Å². The van der Waals surface area contributed by atoms with Gasteiger partial charge in [0.2, 0.25) is 15.9 Å². The largest absolute Gasteiger partial charge is 0.475 e. The van der Waals surface area contributed by atoms with E-state index in [2.05, 4.69) is 5.32 Å². The van der Waals surface area contributed by atoms with Crippen LogP contribution >= 0.6 is 0 Å². The summed E-state index contributed by atoms with van der Waals surface area (Å²) in [5.41, 5.74) is 1.93. The number of carbonyl (C=O) groups excluding carboxylic acids is 1. The number of rotatable bonds is 9. The zero-order valence-corrected chi connectivity index (χ0v) is 16.8. The average molecular weight is 404 g/mol. The third kappa shape index (κ3) is 6.17. The van der Waals surface area contributed by atoms with Gasteiger partial charge in [0.05, 0.1) is 10.8 Å². The number of sulfonamides is 1. The molecule has 3 N–H and O–H groups in total. The number of hydrogen-bond acceptors (Lipinski definition) is 5. The van der Waals surface area contributed by atoms with E-state index in [0.717, 1.165) is 15.4 Å².